The van der Waals surface area contributed by atoms with Crippen LogP contribution in [-0.2, 0) is 16.2 Å². The molecule has 4 heterocycles. The van der Waals surface area contributed by atoms with Gasteiger partial charge in [-0.15, -0.1) is 5.10 Å². The number of halogens is 3. The highest BCUT2D eigenvalue weighted by Crippen LogP contribution is 2.34. The van der Waals surface area contributed by atoms with Gasteiger partial charge in [0.2, 0.25) is 0 Å². The summed E-state index contributed by atoms with van der Waals surface area (Å²) in [6.45, 7) is 7.62. The van der Waals surface area contributed by atoms with Crippen molar-refractivity contribution < 1.29 is 27.4 Å². The molecule has 0 saturated carbocycles. The lowest BCUT2D eigenvalue weighted by atomic mass is 10.1. The largest absolute Gasteiger partial charge is 0.447 e. The Hall–Kier alpha value is -4.56. The van der Waals surface area contributed by atoms with Crippen molar-refractivity contribution >= 4 is 25.6 Å². The molecule has 0 radical (unpaired) electrons. The Labute approximate surface area is 245 Å². The molecule has 1 fully saturated rings. The highest BCUT2D eigenvalue weighted by molar-refractivity contribution is 6.76. The third kappa shape index (κ3) is 5.88. The Morgan fingerprint density at radius 2 is 1.86 bits per heavy atom. The van der Waals surface area contributed by atoms with Crippen LogP contribution in [0.5, 0.6) is 0 Å². The average molecular weight is 608 g/mol. The van der Waals surface area contributed by atoms with Gasteiger partial charge in [0.15, 0.2) is 23.1 Å². The van der Waals surface area contributed by atoms with Crippen LogP contribution in [0, 0.1) is 17.5 Å². The molecule has 1 amide bonds. The lowest BCUT2D eigenvalue weighted by molar-refractivity contribution is 0.0784. The Morgan fingerprint density at radius 1 is 1.02 bits per heavy atom. The van der Waals surface area contributed by atoms with Gasteiger partial charge >= 0.3 is 6.09 Å². The number of cyclic esters (lactones) is 1. The van der Waals surface area contributed by atoms with Gasteiger partial charge in [-0.05, 0) is 47.5 Å². The molecule has 3 aromatic heterocycles. The standard InChI is InChI=1S/C29H28F3N7O3Si/c1-43(2,3)11-10-41-17-37-16-33-27(36-37)20-6-4-18(12-23(20)31)21-14-34-38-9-8-26(35-28(21)38)39-25(15-42-29(39)40)19-5-7-22(30)24(32)13-19/h4-9,12-14,16,25H,10-11,15,17H2,1-3H3/t25-/m1/s1. The molecule has 2 aromatic carbocycles. The van der Waals surface area contributed by atoms with Crippen LogP contribution >= 0.6 is 0 Å². The summed E-state index contributed by atoms with van der Waals surface area (Å²) in [6, 6.07) is 9.93. The number of rotatable bonds is 9. The topological polar surface area (TPSA) is 99.7 Å². The number of anilines is 1. The molecule has 1 aliphatic rings. The highest BCUT2D eigenvalue weighted by Gasteiger charge is 2.37. The van der Waals surface area contributed by atoms with Gasteiger partial charge < -0.3 is 9.47 Å². The summed E-state index contributed by atoms with van der Waals surface area (Å²) in [5, 5.41) is 8.66. The van der Waals surface area contributed by atoms with Crippen molar-refractivity contribution in [2.75, 3.05) is 18.1 Å². The summed E-state index contributed by atoms with van der Waals surface area (Å²) in [5.74, 6) is -2.11. The van der Waals surface area contributed by atoms with E-state index in [0.717, 1.165) is 18.2 Å². The number of fused-ring (bicyclic) bond motifs is 1. The molecular weight excluding hydrogens is 579 g/mol. The fraction of sp³-hybridized carbons (Fsp3) is 0.276. The molecule has 14 heteroatoms. The number of carbonyl (C=O) groups is 1. The zero-order valence-corrected chi connectivity index (χ0v) is 24.7. The van der Waals surface area contributed by atoms with E-state index in [2.05, 4.69) is 39.8 Å². The lowest BCUT2D eigenvalue weighted by Gasteiger charge is -2.21. The van der Waals surface area contributed by atoms with Crippen LogP contribution in [0.15, 0.2) is 61.2 Å². The molecule has 0 spiro atoms. The maximum atomic E-state index is 15.4. The first kappa shape index (κ1) is 28.6. The normalized spacial score (nSPS) is 15.4. The van der Waals surface area contributed by atoms with Crippen molar-refractivity contribution in [1.82, 2.24) is 29.4 Å². The quantitative estimate of drug-likeness (QED) is 0.148. The number of hydrogen-bond donors (Lipinski definition) is 0. The molecule has 0 bridgehead atoms. The van der Waals surface area contributed by atoms with E-state index in [0.29, 0.717) is 28.9 Å². The smallest absolute Gasteiger partial charge is 0.416 e. The summed E-state index contributed by atoms with van der Waals surface area (Å²) in [6.07, 6.45) is 3.96. The second kappa shape index (κ2) is 11.3. The highest BCUT2D eigenvalue weighted by atomic mass is 28.3. The molecule has 1 aliphatic heterocycles. The second-order valence-electron chi connectivity index (χ2n) is 11.4. The van der Waals surface area contributed by atoms with E-state index < -0.39 is 37.7 Å². The van der Waals surface area contributed by atoms with Crippen molar-refractivity contribution in [2.24, 2.45) is 0 Å². The predicted octanol–water partition coefficient (Wildman–Crippen LogP) is 6.08. The number of nitrogens with zero attached hydrogens (tertiary/aromatic N) is 7. The zero-order chi connectivity index (χ0) is 30.3. The molecule has 1 saturated heterocycles. The van der Waals surface area contributed by atoms with Gasteiger partial charge in [0.05, 0.1) is 11.8 Å². The lowest BCUT2D eigenvalue weighted by Crippen LogP contribution is -2.28. The molecular formula is C29H28F3N7O3Si. The third-order valence-corrected chi connectivity index (χ3v) is 8.78. The number of ether oxygens (including phenoxy) is 2. The monoisotopic (exact) mass is 607 g/mol. The van der Waals surface area contributed by atoms with Crippen molar-refractivity contribution in [3.63, 3.8) is 0 Å². The van der Waals surface area contributed by atoms with E-state index in [9.17, 15) is 13.6 Å². The molecule has 10 nitrogen and oxygen atoms in total. The van der Waals surface area contributed by atoms with Gasteiger partial charge in [-0.2, -0.15) is 5.10 Å². The number of benzene rings is 2. The van der Waals surface area contributed by atoms with E-state index in [1.54, 1.807) is 30.6 Å². The minimum atomic E-state index is -1.21. The summed E-state index contributed by atoms with van der Waals surface area (Å²) in [7, 11) is -1.21. The first-order chi connectivity index (χ1) is 20.6. The Morgan fingerprint density at radius 3 is 2.63 bits per heavy atom. The summed E-state index contributed by atoms with van der Waals surface area (Å²) in [4.78, 5) is 22.8. The fourth-order valence-electron chi connectivity index (χ4n) is 4.72. The summed E-state index contributed by atoms with van der Waals surface area (Å²) < 4.78 is 56.8. The van der Waals surface area contributed by atoms with E-state index >= 15 is 4.39 Å². The molecule has 0 unspecified atom stereocenters. The first-order valence-electron chi connectivity index (χ1n) is 13.6. The van der Waals surface area contributed by atoms with Crippen LogP contribution in [0.2, 0.25) is 25.7 Å². The van der Waals surface area contributed by atoms with Gasteiger partial charge in [0.1, 0.15) is 37.3 Å². The summed E-state index contributed by atoms with van der Waals surface area (Å²) >= 11 is 0. The van der Waals surface area contributed by atoms with Crippen LogP contribution < -0.4 is 4.90 Å². The Bertz CT molecular complexity index is 1820. The van der Waals surface area contributed by atoms with Crippen LogP contribution in [0.1, 0.15) is 11.6 Å². The number of amides is 1. The molecule has 222 valence electrons. The maximum Gasteiger partial charge on any atom is 0.416 e. The molecule has 0 N–H and O–H groups in total. The van der Waals surface area contributed by atoms with Crippen LogP contribution in [0.4, 0.5) is 23.8 Å². The molecule has 43 heavy (non-hydrogen) atoms. The molecule has 1 atom stereocenters. The summed E-state index contributed by atoms with van der Waals surface area (Å²) in [5.41, 5.74) is 1.94. The maximum absolute atomic E-state index is 15.4. The second-order valence-corrected chi connectivity index (χ2v) is 17.0. The van der Waals surface area contributed by atoms with E-state index in [1.807, 2.05) is 0 Å². The van der Waals surface area contributed by atoms with Gasteiger partial charge in [-0.3, -0.25) is 4.90 Å². The SMILES string of the molecule is C[Si](C)(C)CCOCn1cnc(-c2ccc(-c3cnn4ccc(N5C(=O)OC[C@@H]5c5ccc(F)c(F)c5)nc34)cc2F)n1. The molecule has 5 aromatic rings. The minimum Gasteiger partial charge on any atom is -0.447 e. The Balaban J connectivity index is 1.25. The molecule has 6 rings (SSSR count). The van der Waals surface area contributed by atoms with Crippen LogP contribution in [-0.4, -0.2) is 56.7 Å². The van der Waals surface area contributed by atoms with E-state index in [1.165, 1.54) is 32.6 Å². The molecule has 0 aliphatic carbocycles. The third-order valence-electron chi connectivity index (χ3n) is 7.08. The van der Waals surface area contributed by atoms with Gasteiger partial charge in [-0.1, -0.05) is 31.8 Å². The van der Waals surface area contributed by atoms with Crippen molar-refractivity contribution in [3.05, 3.63) is 84.2 Å². The average Bonchev–Trinajstić information content (AvgIpc) is 3.70. The fourth-order valence-corrected chi connectivity index (χ4v) is 5.47. The number of aromatic nitrogens is 6. The van der Waals surface area contributed by atoms with E-state index in [-0.39, 0.29) is 30.5 Å². The predicted molar refractivity (Wildman–Crippen MR) is 154 cm³/mol. The van der Waals surface area contributed by atoms with Crippen LogP contribution in [0.25, 0.3) is 28.2 Å². The number of hydrogen-bond acceptors (Lipinski definition) is 7. The first-order valence-corrected chi connectivity index (χ1v) is 17.3. The minimum absolute atomic E-state index is 0.0655. The van der Waals surface area contributed by atoms with Gasteiger partial charge in [0, 0.05) is 26.4 Å². The zero-order valence-electron chi connectivity index (χ0n) is 23.7. The van der Waals surface area contributed by atoms with Crippen molar-refractivity contribution in [3.8, 4) is 22.5 Å². The number of carbonyl (C=O) groups excluding carboxylic acids is 1. The van der Waals surface area contributed by atoms with E-state index in [4.69, 9.17) is 9.47 Å². The van der Waals surface area contributed by atoms with Crippen molar-refractivity contribution in [2.45, 2.75) is 38.5 Å². The van der Waals surface area contributed by atoms with Gasteiger partial charge in [0.25, 0.3) is 0 Å². The van der Waals surface area contributed by atoms with Crippen LogP contribution in [0.3, 0.4) is 0 Å². The van der Waals surface area contributed by atoms with Crippen molar-refractivity contribution in [1.29, 1.82) is 0 Å². The Kier molecular flexibility index (Phi) is 7.48. The van der Waals surface area contributed by atoms with Gasteiger partial charge in [-0.25, -0.2) is 37.1 Å².